The van der Waals surface area contributed by atoms with Crippen LogP contribution in [0.4, 0.5) is 0 Å². The summed E-state index contributed by atoms with van der Waals surface area (Å²) in [5.41, 5.74) is 10.9. The van der Waals surface area contributed by atoms with Gasteiger partial charge in [0.2, 0.25) is 5.88 Å². The molecule has 5 N–H and O–H groups in total. The van der Waals surface area contributed by atoms with Crippen molar-refractivity contribution in [3.8, 4) is 0 Å². The molecule has 2 aliphatic carbocycles. The van der Waals surface area contributed by atoms with Gasteiger partial charge in [-0.25, -0.2) is 0 Å². The van der Waals surface area contributed by atoms with Gasteiger partial charge in [-0.1, -0.05) is 39.0 Å². The molecular weight excluding hydrogens is 520 g/mol. The van der Waals surface area contributed by atoms with Crippen LogP contribution < -0.4 is 16.4 Å². The Hall–Kier alpha value is -2.39. The van der Waals surface area contributed by atoms with Crippen molar-refractivity contribution >= 4 is 11.8 Å². The average molecular weight is 569 g/mol. The van der Waals surface area contributed by atoms with Crippen molar-refractivity contribution in [3.05, 3.63) is 77.1 Å². The summed E-state index contributed by atoms with van der Waals surface area (Å²) in [6.07, 6.45) is 15.8. The molecule has 0 saturated heterocycles. The Kier molecular flexibility index (Phi) is 11.1. The van der Waals surface area contributed by atoms with Crippen LogP contribution in [0.1, 0.15) is 58.1 Å². The molecule has 2 heterocycles. The molecule has 2 fully saturated rings. The lowest BCUT2D eigenvalue weighted by Crippen LogP contribution is -2.40. The SMILES string of the molecule is CC.COC(NC(CO)c1ccc(SC)cc1)C(C)/C=C\C1=C(N)OCCN1C1=CC(C2CC2)NC(C2CC2)=C1. The maximum Gasteiger partial charge on any atom is 0.208 e. The van der Waals surface area contributed by atoms with Gasteiger partial charge >= 0.3 is 0 Å². The topological polar surface area (TPSA) is 92.0 Å². The molecular formula is C32H48N4O3S. The van der Waals surface area contributed by atoms with Gasteiger partial charge in [-0.3, -0.25) is 5.32 Å². The minimum Gasteiger partial charge on any atom is -0.476 e. The lowest BCUT2D eigenvalue weighted by Gasteiger charge is -2.35. The molecule has 0 spiro atoms. The Morgan fingerprint density at radius 2 is 1.95 bits per heavy atom. The van der Waals surface area contributed by atoms with Crippen molar-refractivity contribution < 1.29 is 14.6 Å². The maximum absolute atomic E-state index is 10.1. The fourth-order valence-electron chi connectivity index (χ4n) is 5.26. The minimum atomic E-state index is -0.290. The molecule has 4 unspecified atom stereocenters. The number of dihydropyridines is 1. The molecule has 0 aromatic heterocycles. The maximum atomic E-state index is 10.1. The Bertz CT molecular complexity index is 1090. The van der Waals surface area contributed by atoms with Crippen LogP contribution >= 0.6 is 11.8 Å². The van der Waals surface area contributed by atoms with E-state index in [4.69, 9.17) is 15.2 Å². The molecule has 1 aromatic carbocycles. The van der Waals surface area contributed by atoms with Gasteiger partial charge in [-0.05, 0) is 79.7 Å². The van der Waals surface area contributed by atoms with Crippen molar-refractivity contribution in [3.63, 3.8) is 0 Å². The summed E-state index contributed by atoms with van der Waals surface area (Å²) in [5.74, 6) is 1.87. The Morgan fingerprint density at radius 3 is 2.55 bits per heavy atom. The van der Waals surface area contributed by atoms with Crippen molar-refractivity contribution in [2.45, 2.75) is 69.7 Å². The molecule has 1 aromatic rings. The Labute approximate surface area is 244 Å². The number of benzene rings is 1. The molecule has 4 aliphatic rings. The molecule has 0 amide bonds. The molecule has 2 aliphatic heterocycles. The molecule has 2 saturated carbocycles. The molecule has 8 heteroatoms. The highest BCUT2D eigenvalue weighted by Gasteiger charge is 2.37. The zero-order chi connectivity index (χ0) is 28.6. The van der Waals surface area contributed by atoms with Crippen LogP contribution in [0.3, 0.4) is 0 Å². The van der Waals surface area contributed by atoms with Crippen LogP contribution in [0.2, 0.25) is 0 Å². The largest absolute Gasteiger partial charge is 0.476 e. The number of nitrogens with zero attached hydrogens (tertiary/aromatic N) is 1. The lowest BCUT2D eigenvalue weighted by atomic mass is 10.0. The van der Waals surface area contributed by atoms with E-state index in [9.17, 15) is 5.11 Å². The van der Waals surface area contributed by atoms with Crippen molar-refractivity contribution in [2.75, 3.05) is 33.1 Å². The van der Waals surface area contributed by atoms with Crippen LogP contribution in [0.15, 0.2) is 76.4 Å². The quantitative estimate of drug-likeness (QED) is 0.201. The monoisotopic (exact) mass is 568 g/mol. The number of aliphatic hydroxyl groups is 1. The zero-order valence-electron chi connectivity index (χ0n) is 24.7. The van der Waals surface area contributed by atoms with Crippen LogP contribution in [-0.4, -0.2) is 55.4 Å². The first-order valence-electron chi connectivity index (χ1n) is 14.8. The van der Waals surface area contributed by atoms with Crippen LogP contribution in [0, 0.1) is 17.8 Å². The normalized spacial score (nSPS) is 23.4. The summed E-state index contributed by atoms with van der Waals surface area (Å²) < 4.78 is 11.6. The highest BCUT2D eigenvalue weighted by Crippen LogP contribution is 2.42. The summed E-state index contributed by atoms with van der Waals surface area (Å²) in [6.45, 7) is 7.41. The summed E-state index contributed by atoms with van der Waals surface area (Å²) in [4.78, 5) is 3.50. The van der Waals surface area contributed by atoms with E-state index in [1.54, 1.807) is 18.9 Å². The van der Waals surface area contributed by atoms with E-state index in [1.807, 2.05) is 13.8 Å². The zero-order valence-corrected chi connectivity index (χ0v) is 25.5. The van der Waals surface area contributed by atoms with Gasteiger partial charge in [0.05, 0.1) is 19.2 Å². The Morgan fingerprint density at radius 1 is 1.23 bits per heavy atom. The summed E-state index contributed by atoms with van der Waals surface area (Å²) in [6, 6.07) is 8.45. The standard InChI is InChI=1S/C30H42N4O3S.C2H6/c1-19(30(36-2)33-27(18-35)22-9-11-24(38-3)12-10-22)4-13-28-29(31)37-15-14-34(28)23-16-25(20-5-6-20)32-26(17-23)21-7-8-21;1-2/h4,9-13,16-17,19-21,25,27,30,32-33,35H,5-8,14-15,18,31H2,1-3H3;1-2H3/b13-4-;. The number of ether oxygens (including phenoxy) is 2. The molecule has 40 heavy (non-hydrogen) atoms. The number of hydrogen-bond acceptors (Lipinski definition) is 8. The highest BCUT2D eigenvalue weighted by molar-refractivity contribution is 7.98. The van der Waals surface area contributed by atoms with Crippen molar-refractivity contribution in [1.29, 1.82) is 0 Å². The van der Waals surface area contributed by atoms with Crippen LogP contribution in [0.5, 0.6) is 0 Å². The number of nitrogens with two attached hydrogens (primary N) is 1. The second-order valence-electron chi connectivity index (χ2n) is 10.8. The molecule has 4 atom stereocenters. The smallest absolute Gasteiger partial charge is 0.208 e. The average Bonchev–Trinajstić information content (AvgIpc) is 3.91. The first-order valence-corrected chi connectivity index (χ1v) is 16.0. The molecule has 7 nitrogen and oxygen atoms in total. The summed E-state index contributed by atoms with van der Waals surface area (Å²) in [7, 11) is 1.69. The number of aliphatic hydroxyl groups excluding tert-OH is 1. The van der Waals surface area contributed by atoms with Gasteiger partial charge in [0.15, 0.2) is 0 Å². The van der Waals surface area contributed by atoms with E-state index < -0.39 is 0 Å². The van der Waals surface area contributed by atoms with Crippen LogP contribution in [0.25, 0.3) is 0 Å². The third-order valence-corrected chi connectivity index (χ3v) is 8.66. The van der Waals surface area contributed by atoms with Gasteiger partial charge in [0.25, 0.3) is 0 Å². The van der Waals surface area contributed by atoms with E-state index in [-0.39, 0.29) is 24.8 Å². The second-order valence-corrected chi connectivity index (χ2v) is 11.7. The number of rotatable bonds is 12. The first kappa shape index (κ1) is 30.6. The molecule has 0 bridgehead atoms. The van der Waals surface area contributed by atoms with E-state index >= 15 is 0 Å². The predicted octanol–water partition coefficient (Wildman–Crippen LogP) is 5.24. The fraction of sp³-hybridized carbons (Fsp3) is 0.562. The van der Waals surface area contributed by atoms with E-state index in [0.717, 1.165) is 23.7 Å². The minimum absolute atomic E-state index is 0.0161. The molecule has 220 valence electrons. The van der Waals surface area contributed by atoms with Gasteiger partial charge in [0, 0.05) is 35.4 Å². The van der Waals surface area contributed by atoms with Crippen molar-refractivity contribution in [1.82, 2.24) is 15.5 Å². The van der Waals surface area contributed by atoms with E-state index in [0.29, 0.717) is 24.4 Å². The second kappa shape index (κ2) is 14.5. The third-order valence-electron chi connectivity index (χ3n) is 7.92. The van der Waals surface area contributed by atoms with E-state index in [2.05, 4.69) is 77.3 Å². The Balaban J connectivity index is 0.00000181. The number of thioether (sulfide) groups is 1. The number of nitrogens with one attached hydrogen (secondary N) is 2. The third kappa shape index (κ3) is 7.66. The van der Waals surface area contributed by atoms with E-state index in [1.165, 1.54) is 42.0 Å². The number of allylic oxidation sites excluding steroid dienone is 3. The molecule has 5 rings (SSSR count). The van der Waals surface area contributed by atoms with Crippen molar-refractivity contribution in [2.24, 2.45) is 23.5 Å². The highest BCUT2D eigenvalue weighted by atomic mass is 32.2. The first-order chi connectivity index (χ1) is 19.5. The predicted molar refractivity (Wildman–Crippen MR) is 164 cm³/mol. The molecule has 0 radical (unpaired) electrons. The van der Waals surface area contributed by atoms with Gasteiger partial charge in [-0.15, -0.1) is 11.8 Å². The number of hydrogen-bond donors (Lipinski definition) is 4. The van der Waals surface area contributed by atoms with Gasteiger partial charge in [0.1, 0.15) is 18.5 Å². The van der Waals surface area contributed by atoms with Crippen LogP contribution in [-0.2, 0) is 9.47 Å². The summed E-state index contributed by atoms with van der Waals surface area (Å²) in [5, 5.41) is 17.4. The lowest BCUT2D eigenvalue weighted by molar-refractivity contribution is 0.0284. The van der Waals surface area contributed by atoms with Gasteiger partial charge < -0.3 is 30.5 Å². The van der Waals surface area contributed by atoms with Gasteiger partial charge in [-0.2, -0.15) is 0 Å². The summed E-state index contributed by atoms with van der Waals surface area (Å²) >= 11 is 1.70. The number of methoxy groups -OCH3 is 1. The fourth-order valence-corrected chi connectivity index (χ4v) is 5.66.